The standard InChI is InChI=1S/C19H28N6O8/c20-11(8-26)18(31)25-5-1-2-14(25)17(30)24-13(6-10-7-21-9-22-10)16(29)23-12(19(32)33)3-4-15(27)28/h7,9,11-14,26H,1-6,8,20H2,(H,21,22)(H,23,29)(H,24,30)(H,27,28)(H,32,33). The summed E-state index contributed by atoms with van der Waals surface area (Å²) in [5.41, 5.74) is 6.07. The number of amides is 3. The van der Waals surface area contributed by atoms with Crippen LogP contribution in [0.4, 0.5) is 0 Å². The minimum atomic E-state index is -1.47. The molecule has 182 valence electrons. The predicted molar refractivity (Wildman–Crippen MR) is 110 cm³/mol. The van der Waals surface area contributed by atoms with Crippen LogP contribution in [0.3, 0.4) is 0 Å². The summed E-state index contributed by atoms with van der Waals surface area (Å²) in [6, 6.07) is -4.78. The lowest BCUT2D eigenvalue weighted by Crippen LogP contribution is -2.57. The van der Waals surface area contributed by atoms with E-state index in [-0.39, 0.29) is 19.4 Å². The molecule has 0 saturated carbocycles. The first-order valence-electron chi connectivity index (χ1n) is 10.3. The third-order valence-electron chi connectivity index (χ3n) is 5.23. The molecule has 0 aromatic carbocycles. The van der Waals surface area contributed by atoms with E-state index < -0.39 is 66.9 Å². The van der Waals surface area contributed by atoms with Gasteiger partial charge in [-0.15, -0.1) is 0 Å². The molecule has 0 spiro atoms. The number of aromatic amines is 1. The Balaban J connectivity index is 2.15. The van der Waals surface area contributed by atoms with Crippen LogP contribution in [0.1, 0.15) is 31.4 Å². The van der Waals surface area contributed by atoms with Crippen LogP contribution >= 0.6 is 0 Å². The molecule has 4 atom stereocenters. The maximum atomic E-state index is 12.9. The minimum Gasteiger partial charge on any atom is -0.481 e. The fraction of sp³-hybridized carbons (Fsp3) is 0.579. The van der Waals surface area contributed by atoms with Gasteiger partial charge in [0.15, 0.2) is 0 Å². The summed E-state index contributed by atoms with van der Waals surface area (Å²) >= 11 is 0. The Hall–Kier alpha value is -3.52. The maximum Gasteiger partial charge on any atom is 0.326 e. The number of aliphatic carboxylic acids is 2. The second-order valence-corrected chi connectivity index (χ2v) is 7.65. The Morgan fingerprint density at radius 3 is 2.52 bits per heavy atom. The molecule has 8 N–H and O–H groups in total. The molecule has 4 unspecified atom stereocenters. The molecule has 0 bridgehead atoms. The van der Waals surface area contributed by atoms with E-state index in [0.717, 1.165) is 0 Å². The summed E-state index contributed by atoms with van der Waals surface area (Å²) in [4.78, 5) is 68.2. The number of aromatic nitrogens is 2. The number of likely N-dealkylation sites (tertiary alicyclic amines) is 1. The Bertz CT molecular complexity index is 860. The van der Waals surface area contributed by atoms with E-state index in [1.165, 1.54) is 17.4 Å². The van der Waals surface area contributed by atoms with Crippen molar-refractivity contribution in [3.8, 4) is 0 Å². The van der Waals surface area contributed by atoms with Gasteiger partial charge in [0.25, 0.3) is 0 Å². The summed E-state index contributed by atoms with van der Waals surface area (Å²) in [7, 11) is 0. The third kappa shape index (κ3) is 7.25. The summed E-state index contributed by atoms with van der Waals surface area (Å²) in [6.07, 6.45) is 2.77. The van der Waals surface area contributed by atoms with Gasteiger partial charge in [-0.2, -0.15) is 0 Å². The molecule has 1 fully saturated rings. The fourth-order valence-corrected chi connectivity index (χ4v) is 3.49. The first kappa shape index (κ1) is 25.7. The highest BCUT2D eigenvalue weighted by Gasteiger charge is 2.38. The van der Waals surface area contributed by atoms with Crippen molar-refractivity contribution in [1.29, 1.82) is 0 Å². The zero-order valence-corrected chi connectivity index (χ0v) is 17.8. The Labute approximate surface area is 188 Å². The smallest absolute Gasteiger partial charge is 0.326 e. The number of nitrogens with one attached hydrogen (secondary N) is 3. The van der Waals surface area contributed by atoms with Crippen LogP contribution in [0.25, 0.3) is 0 Å². The van der Waals surface area contributed by atoms with Gasteiger partial charge in [0.1, 0.15) is 24.2 Å². The van der Waals surface area contributed by atoms with E-state index in [1.807, 2.05) is 0 Å². The number of imidazole rings is 1. The zero-order chi connectivity index (χ0) is 24.5. The lowest BCUT2D eigenvalue weighted by Gasteiger charge is -2.28. The van der Waals surface area contributed by atoms with Crippen molar-refractivity contribution < 1.29 is 39.3 Å². The molecule has 1 aliphatic rings. The van der Waals surface area contributed by atoms with E-state index in [1.54, 1.807) is 0 Å². The van der Waals surface area contributed by atoms with Crippen LogP contribution in [0.15, 0.2) is 12.5 Å². The van der Waals surface area contributed by atoms with Gasteiger partial charge >= 0.3 is 11.9 Å². The maximum absolute atomic E-state index is 12.9. The van der Waals surface area contributed by atoms with E-state index in [0.29, 0.717) is 18.5 Å². The summed E-state index contributed by atoms with van der Waals surface area (Å²) < 4.78 is 0. The monoisotopic (exact) mass is 468 g/mol. The molecule has 1 aromatic rings. The number of H-pyrrole nitrogens is 1. The van der Waals surface area contributed by atoms with Crippen molar-refractivity contribution >= 4 is 29.7 Å². The molecule has 14 heteroatoms. The number of aliphatic hydroxyl groups is 1. The van der Waals surface area contributed by atoms with Crippen molar-refractivity contribution in [2.45, 2.75) is 56.3 Å². The number of carboxylic acid groups (broad SMARTS) is 2. The topological polar surface area (TPSA) is 228 Å². The van der Waals surface area contributed by atoms with Crippen molar-refractivity contribution in [1.82, 2.24) is 25.5 Å². The molecule has 1 aromatic heterocycles. The SMILES string of the molecule is NC(CO)C(=O)N1CCCC1C(=O)NC(Cc1cnc[nH]1)C(=O)NC(CCC(=O)O)C(=O)O. The molecule has 14 nitrogen and oxygen atoms in total. The van der Waals surface area contributed by atoms with Crippen molar-refractivity contribution in [2.75, 3.05) is 13.2 Å². The molecule has 2 rings (SSSR count). The van der Waals surface area contributed by atoms with E-state index in [9.17, 15) is 29.1 Å². The number of carboxylic acids is 2. The lowest BCUT2D eigenvalue weighted by molar-refractivity contribution is -0.144. The molecular formula is C19H28N6O8. The van der Waals surface area contributed by atoms with Gasteiger partial charge in [-0.05, 0) is 19.3 Å². The highest BCUT2D eigenvalue weighted by Crippen LogP contribution is 2.19. The van der Waals surface area contributed by atoms with E-state index in [2.05, 4.69) is 20.6 Å². The molecule has 3 amide bonds. The van der Waals surface area contributed by atoms with Crippen molar-refractivity contribution in [3.63, 3.8) is 0 Å². The first-order valence-corrected chi connectivity index (χ1v) is 10.3. The van der Waals surface area contributed by atoms with Gasteiger partial charge in [-0.3, -0.25) is 19.2 Å². The Morgan fingerprint density at radius 2 is 1.94 bits per heavy atom. The van der Waals surface area contributed by atoms with Crippen LogP contribution in [-0.4, -0.2) is 97.2 Å². The van der Waals surface area contributed by atoms with Gasteiger partial charge in [-0.1, -0.05) is 0 Å². The Morgan fingerprint density at radius 1 is 1.21 bits per heavy atom. The number of carbonyl (C=O) groups is 5. The zero-order valence-electron chi connectivity index (χ0n) is 17.8. The number of hydrogen-bond acceptors (Lipinski definition) is 8. The highest BCUT2D eigenvalue weighted by molar-refractivity contribution is 5.94. The number of carbonyl (C=O) groups excluding carboxylic acids is 3. The molecule has 2 heterocycles. The van der Waals surface area contributed by atoms with Gasteiger partial charge in [-0.25, -0.2) is 9.78 Å². The largest absolute Gasteiger partial charge is 0.481 e. The third-order valence-corrected chi connectivity index (χ3v) is 5.23. The number of nitrogens with two attached hydrogens (primary N) is 1. The van der Waals surface area contributed by atoms with Crippen LogP contribution in [0.2, 0.25) is 0 Å². The van der Waals surface area contributed by atoms with Gasteiger partial charge < -0.3 is 41.6 Å². The highest BCUT2D eigenvalue weighted by atomic mass is 16.4. The van der Waals surface area contributed by atoms with Gasteiger partial charge in [0, 0.05) is 31.3 Å². The van der Waals surface area contributed by atoms with Gasteiger partial charge in [0.05, 0.1) is 12.9 Å². The molecule has 33 heavy (non-hydrogen) atoms. The normalized spacial score (nSPS) is 18.2. The Kier molecular flexibility index (Phi) is 9.30. The quantitative estimate of drug-likeness (QED) is 0.166. The predicted octanol–water partition coefficient (Wildman–Crippen LogP) is -2.82. The first-order chi connectivity index (χ1) is 15.6. The number of nitrogens with zero attached hydrogens (tertiary/aromatic N) is 2. The van der Waals surface area contributed by atoms with Crippen molar-refractivity contribution in [2.24, 2.45) is 5.73 Å². The average molecular weight is 468 g/mol. The van der Waals surface area contributed by atoms with Crippen LogP contribution in [-0.2, 0) is 30.4 Å². The number of rotatable bonds is 12. The van der Waals surface area contributed by atoms with Gasteiger partial charge in [0.2, 0.25) is 17.7 Å². The molecule has 0 aliphatic carbocycles. The molecule has 1 aliphatic heterocycles. The van der Waals surface area contributed by atoms with Crippen LogP contribution < -0.4 is 16.4 Å². The molecule has 1 saturated heterocycles. The van der Waals surface area contributed by atoms with Crippen LogP contribution in [0, 0.1) is 0 Å². The second kappa shape index (κ2) is 11.9. The molecular weight excluding hydrogens is 440 g/mol. The number of hydrogen-bond donors (Lipinski definition) is 7. The number of aliphatic hydroxyl groups excluding tert-OH is 1. The summed E-state index contributed by atoms with van der Waals surface area (Å²) in [5.74, 6) is -4.70. The average Bonchev–Trinajstić information content (AvgIpc) is 3.46. The van der Waals surface area contributed by atoms with Crippen molar-refractivity contribution in [3.05, 3.63) is 18.2 Å². The summed E-state index contributed by atoms with van der Waals surface area (Å²) in [6.45, 7) is -0.320. The van der Waals surface area contributed by atoms with Crippen LogP contribution in [0.5, 0.6) is 0 Å². The molecule has 0 radical (unpaired) electrons. The fourth-order valence-electron chi connectivity index (χ4n) is 3.49. The summed E-state index contributed by atoms with van der Waals surface area (Å²) in [5, 5.41) is 32.0. The van der Waals surface area contributed by atoms with E-state index >= 15 is 0 Å². The minimum absolute atomic E-state index is 0.0559. The second-order valence-electron chi connectivity index (χ2n) is 7.65. The van der Waals surface area contributed by atoms with E-state index in [4.69, 9.17) is 15.9 Å². The lowest BCUT2D eigenvalue weighted by atomic mass is 10.1.